The van der Waals surface area contributed by atoms with Crippen molar-refractivity contribution in [3.05, 3.63) is 50.4 Å². The SMILES string of the molecule is CNC(Cc1cccc(OC)c1F)c1scc(C)c1Cl. The molecule has 0 amide bonds. The Hall–Kier alpha value is -1.10. The quantitative estimate of drug-likeness (QED) is 0.885. The third-order valence-corrected chi connectivity index (χ3v) is 5.11. The standard InChI is InChI=1S/C15H17ClFNOS/c1-9-8-20-15(13(9)16)11(18-2)7-10-5-4-6-12(19-3)14(10)17/h4-6,8,11,18H,7H2,1-3H3. The lowest BCUT2D eigenvalue weighted by Crippen LogP contribution is -2.18. The average Bonchev–Trinajstić information content (AvgIpc) is 2.78. The number of benzene rings is 1. The highest BCUT2D eigenvalue weighted by Gasteiger charge is 2.19. The van der Waals surface area contributed by atoms with Crippen molar-refractivity contribution in [2.45, 2.75) is 19.4 Å². The fourth-order valence-electron chi connectivity index (χ4n) is 2.10. The van der Waals surface area contributed by atoms with Crippen LogP contribution < -0.4 is 10.1 Å². The molecule has 0 saturated heterocycles. The highest BCUT2D eigenvalue weighted by Crippen LogP contribution is 2.34. The van der Waals surface area contributed by atoms with Gasteiger partial charge in [-0.3, -0.25) is 0 Å². The minimum absolute atomic E-state index is 0.0113. The van der Waals surface area contributed by atoms with Gasteiger partial charge in [0.05, 0.1) is 12.1 Å². The van der Waals surface area contributed by atoms with E-state index in [-0.39, 0.29) is 17.6 Å². The van der Waals surface area contributed by atoms with Crippen LogP contribution in [0.25, 0.3) is 0 Å². The van der Waals surface area contributed by atoms with E-state index in [0.717, 1.165) is 15.5 Å². The second kappa shape index (κ2) is 6.57. The molecule has 0 spiro atoms. The summed E-state index contributed by atoms with van der Waals surface area (Å²) in [6.07, 6.45) is 0.527. The number of ether oxygens (including phenoxy) is 1. The van der Waals surface area contributed by atoms with E-state index in [2.05, 4.69) is 5.32 Å². The Labute approximate surface area is 127 Å². The zero-order valence-corrected chi connectivity index (χ0v) is 13.2. The maximum atomic E-state index is 14.2. The molecular weight excluding hydrogens is 297 g/mol. The second-order valence-corrected chi connectivity index (χ2v) is 5.86. The van der Waals surface area contributed by atoms with Gasteiger partial charge in [-0.15, -0.1) is 11.3 Å². The van der Waals surface area contributed by atoms with Crippen molar-refractivity contribution < 1.29 is 9.13 Å². The van der Waals surface area contributed by atoms with Gasteiger partial charge >= 0.3 is 0 Å². The van der Waals surface area contributed by atoms with Crippen molar-refractivity contribution in [2.24, 2.45) is 0 Å². The van der Waals surface area contributed by atoms with E-state index in [1.165, 1.54) is 7.11 Å². The Bertz CT molecular complexity index is 600. The minimum Gasteiger partial charge on any atom is -0.494 e. The fraction of sp³-hybridized carbons (Fsp3) is 0.333. The zero-order chi connectivity index (χ0) is 14.7. The molecule has 0 fully saturated rings. The summed E-state index contributed by atoms with van der Waals surface area (Å²) in [4.78, 5) is 1.04. The van der Waals surface area contributed by atoms with Crippen LogP contribution in [-0.2, 0) is 6.42 Å². The summed E-state index contributed by atoms with van der Waals surface area (Å²) in [7, 11) is 3.32. The normalized spacial score (nSPS) is 12.4. The van der Waals surface area contributed by atoms with Gasteiger partial charge < -0.3 is 10.1 Å². The van der Waals surface area contributed by atoms with Crippen LogP contribution in [0.15, 0.2) is 23.6 Å². The van der Waals surface area contributed by atoms with Gasteiger partial charge in [-0.1, -0.05) is 23.7 Å². The number of thiophene rings is 1. The summed E-state index contributed by atoms with van der Waals surface area (Å²) in [6, 6.07) is 5.18. The maximum Gasteiger partial charge on any atom is 0.168 e. The first-order valence-corrected chi connectivity index (χ1v) is 7.56. The number of aryl methyl sites for hydroxylation is 1. The second-order valence-electron chi connectivity index (χ2n) is 4.58. The van der Waals surface area contributed by atoms with Crippen LogP contribution >= 0.6 is 22.9 Å². The summed E-state index contributed by atoms with van der Waals surface area (Å²) < 4.78 is 19.2. The van der Waals surface area contributed by atoms with E-state index in [1.807, 2.05) is 19.4 Å². The van der Waals surface area contributed by atoms with Crippen molar-refractivity contribution >= 4 is 22.9 Å². The van der Waals surface area contributed by atoms with E-state index in [4.69, 9.17) is 16.3 Å². The molecular formula is C15H17ClFNOS. The number of halogens is 2. The third kappa shape index (κ3) is 2.97. The van der Waals surface area contributed by atoms with Crippen LogP contribution in [0, 0.1) is 12.7 Å². The molecule has 1 atom stereocenters. The highest BCUT2D eigenvalue weighted by atomic mass is 35.5. The first-order valence-electron chi connectivity index (χ1n) is 6.30. The lowest BCUT2D eigenvalue weighted by Gasteiger charge is -2.16. The van der Waals surface area contributed by atoms with Crippen molar-refractivity contribution in [3.8, 4) is 5.75 Å². The summed E-state index contributed by atoms with van der Waals surface area (Å²) in [5.41, 5.74) is 1.67. The number of nitrogens with one attached hydrogen (secondary N) is 1. The van der Waals surface area contributed by atoms with Gasteiger partial charge in [0.1, 0.15) is 0 Å². The van der Waals surface area contributed by atoms with Crippen molar-refractivity contribution in [3.63, 3.8) is 0 Å². The molecule has 2 aromatic rings. The van der Waals surface area contributed by atoms with E-state index in [1.54, 1.807) is 29.5 Å². The minimum atomic E-state index is -0.306. The highest BCUT2D eigenvalue weighted by molar-refractivity contribution is 7.10. The molecule has 0 saturated carbocycles. The van der Waals surface area contributed by atoms with Crippen LogP contribution in [0.3, 0.4) is 0 Å². The summed E-state index contributed by atoms with van der Waals surface area (Å²) in [6.45, 7) is 1.97. The van der Waals surface area contributed by atoms with Gasteiger partial charge in [0, 0.05) is 10.9 Å². The lowest BCUT2D eigenvalue weighted by atomic mass is 10.0. The van der Waals surface area contributed by atoms with Gasteiger partial charge in [-0.05, 0) is 43.0 Å². The van der Waals surface area contributed by atoms with Crippen molar-refractivity contribution in [2.75, 3.05) is 14.2 Å². The first-order chi connectivity index (χ1) is 9.58. The van der Waals surface area contributed by atoms with Gasteiger partial charge in [-0.25, -0.2) is 4.39 Å². The molecule has 0 aliphatic rings. The Balaban J connectivity index is 2.29. The summed E-state index contributed by atoms with van der Waals surface area (Å²) in [5, 5.41) is 5.98. The van der Waals surface area contributed by atoms with Crippen molar-refractivity contribution in [1.82, 2.24) is 5.32 Å². The molecule has 0 bridgehead atoms. The van der Waals surface area contributed by atoms with Crippen LogP contribution in [0.1, 0.15) is 22.0 Å². The topological polar surface area (TPSA) is 21.3 Å². The zero-order valence-electron chi connectivity index (χ0n) is 11.7. The van der Waals surface area contributed by atoms with E-state index >= 15 is 0 Å². The summed E-state index contributed by atoms with van der Waals surface area (Å²) in [5.74, 6) is -0.0366. The van der Waals surface area contributed by atoms with Crippen LogP contribution in [0.5, 0.6) is 5.75 Å². The number of hydrogen-bond acceptors (Lipinski definition) is 3. The molecule has 20 heavy (non-hydrogen) atoms. The van der Waals surface area contributed by atoms with E-state index in [0.29, 0.717) is 12.0 Å². The van der Waals surface area contributed by atoms with Gasteiger partial charge in [0.25, 0.3) is 0 Å². The number of likely N-dealkylation sites (N-methyl/N-ethyl adjacent to an activating group) is 1. The molecule has 1 aromatic heterocycles. The third-order valence-electron chi connectivity index (χ3n) is 3.28. The van der Waals surface area contributed by atoms with Crippen molar-refractivity contribution in [1.29, 1.82) is 0 Å². The smallest absolute Gasteiger partial charge is 0.168 e. The maximum absolute atomic E-state index is 14.2. The number of hydrogen-bond donors (Lipinski definition) is 1. The Morgan fingerprint density at radius 1 is 1.45 bits per heavy atom. The van der Waals surface area contributed by atoms with Gasteiger partial charge in [0.2, 0.25) is 0 Å². The molecule has 1 heterocycles. The predicted octanol–water partition coefficient (Wildman–Crippen LogP) is 4.36. The summed E-state index contributed by atoms with van der Waals surface area (Å²) >= 11 is 7.89. The average molecular weight is 314 g/mol. The molecule has 0 radical (unpaired) electrons. The number of methoxy groups -OCH3 is 1. The van der Waals surface area contributed by atoms with E-state index in [9.17, 15) is 4.39 Å². The monoisotopic (exact) mass is 313 g/mol. The molecule has 1 aromatic carbocycles. The Morgan fingerprint density at radius 2 is 2.20 bits per heavy atom. The predicted molar refractivity (Wildman–Crippen MR) is 82.5 cm³/mol. The van der Waals surface area contributed by atoms with Crippen LogP contribution in [-0.4, -0.2) is 14.2 Å². The van der Waals surface area contributed by atoms with Crippen LogP contribution in [0.4, 0.5) is 4.39 Å². The Kier molecular flexibility index (Phi) is 5.02. The fourth-order valence-corrected chi connectivity index (χ4v) is 3.54. The molecule has 1 unspecified atom stereocenters. The largest absolute Gasteiger partial charge is 0.494 e. The molecule has 0 aliphatic heterocycles. The Morgan fingerprint density at radius 3 is 2.75 bits per heavy atom. The van der Waals surface area contributed by atoms with Gasteiger partial charge in [0.15, 0.2) is 11.6 Å². The van der Waals surface area contributed by atoms with Gasteiger partial charge in [-0.2, -0.15) is 0 Å². The molecule has 2 rings (SSSR count). The van der Waals surface area contributed by atoms with E-state index < -0.39 is 0 Å². The van der Waals surface area contributed by atoms with Crippen LogP contribution in [0.2, 0.25) is 5.02 Å². The molecule has 108 valence electrons. The lowest BCUT2D eigenvalue weighted by molar-refractivity contribution is 0.383. The molecule has 2 nitrogen and oxygen atoms in total. The molecule has 0 aliphatic carbocycles. The number of rotatable bonds is 5. The molecule has 1 N–H and O–H groups in total. The first kappa shape index (κ1) is 15.3. The molecule has 5 heteroatoms.